The number of fused-ring (bicyclic) bond motifs is 1. The first-order valence-corrected chi connectivity index (χ1v) is 9.89. The van der Waals surface area contributed by atoms with Gasteiger partial charge in [0.25, 0.3) is 11.6 Å². The molecule has 29 heavy (non-hydrogen) atoms. The van der Waals surface area contributed by atoms with Crippen molar-refractivity contribution in [3.8, 4) is 0 Å². The summed E-state index contributed by atoms with van der Waals surface area (Å²) in [4.78, 5) is 25.1. The highest BCUT2D eigenvalue weighted by Crippen LogP contribution is 2.29. The Balaban J connectivity index is 1.43. The van der Waals surface area contributed by atoms with Crippen LogP contribution < -0.4 is 10.3 Å². The van der Waals surface area contributed by atoms with Gasteiger partial charge in [0.05, 0.1) is 21.7 Å². The van der Waals surface area contributed by atoms with Crippen LogP contribution in [0.3, 0.4) is 0 Å². The van der Waals surface area contributed by atoms with Gasteiger partial charge in [-0.2, -0.15) is 5.10 Å². The normalized spacial score (nSPS) is 14.0. The second-order valence-corrected chi connectivity index (χ2v) is 7.78. The molecule has 1 aliphatic heterocycles. The summed E-state index contributed by atoms with van der Waals surface area (Å²) in [5.41, 5.74) is 3.51. The second-order valence-electron chi connectivity index (χ2n) is 6.69. The standard InChI is InChI=1S/C20H17FN4O3S/c21-16-9-13(3-5-17(16)24-7-1-2-8-24)12-22-23-20(26)19-11-14-10-15(25(27)28)4-6-18(14)29-19/h3-6,9-12H,1-2,7-8H2,(H,23,26). The van der Waals surface area contributed by atoms with Gasteiger partial charge in [0.1, 0.15) is 5.82 Å². The molecular weight excluding hydrogens is 395 g/mol. The molecule has 1 N–H and O–H groups in total. The summed E-state index contributed by atoms with van der Waals surface area (Å²) in [5, 5.41) is 15.4. The summed E-state index contributed by atoms with van der Waals surface area (Å²) in [5.74, 6) is -0.743. The number of thiophene rings is 1. The van der Waals surface area contributed by atoms with Gasteiger partial charge in [-0.3, -0.25) is 14.9 Å². The summed E-state index contributed by atoms with van der Waals surface area (Å²) in [6, 6.07) is 10.9. The number of hydrogen-bond donors (Lipinski definition) is 1. The number of nitrogens with zero attached hydrogens (tertiary/aromatic N) is 3. The average molecular weight is 412 g/mol. The van der Waals surface area contributed by atoms with Crippen molar-refractivity contribution in [1.82, 2.24) is 5.43 Å². The smallest absolute Gasteiger partial charge is 0.281 e. The van der Waals surface area contributed by atoms with Crippen molar-refractivity contribution in [2.75, 3.05) is 18.0 Å². The lowest BCUT2D eigenvalue weighted by atomic mass is 10.2. The largest absolute Gasteiger partial charge is 0.369 e. The van der Waals surface area contributed by atoms with Crippen molar-refractivity contribution in [3.05, 3.63) is 68.8 Å². The lowest BCUT2D eigenvalue weighted by molar-refractivity contribution is -0.384. The molecule has 0 aliphatic carbocycles. The highest BCUT2D eigenvalue weighted by atomic mass is 32.1. The Kier molecular flexibility index (Phi) is 5.22. The molecule has 9 heteroatoms. The second kappa shape index (κ2) is 7.96. The van der Waals surface area contributed by atoms with E-state index < -0.39 is 10.8 Å². The molecule has 0 saturated carbocycles. The van der Waals surface area contributed by atoms with Crippen LogP contribution in [0.1, 0.15) is 28.1 Å². The number of anilines is 1. The molecule has 1 aliphatic rings. The van der Waals surface area contributed by atoms with Crippen molar-refractivity contribution in [2.45, 2.75) is 12.8 Å². The van der Waals surface area contributed by atoms with E-state index in [0.29, 0.717) is 21.5 Å². The molecule has 1 aromatic heterocycles. The van der Waals surface area contributed by atoms with Gasteiger partial charge in [-0.1, -0.05) is 6.07 Å². The fourth-order valence-electron chi connectivity index (χ4n) is 3.29. The first kappa shape index (κ1) is 19.0. The number of halogens is 1. The molecule has 1 fully saturated rings. The number of hydrogen-bond acceptors (Lipinski definition) is 6. The summed E-state index contributed by atoms with van der Waals surface area (Å²) in [6.07, 6.45) is 3.52. The lowest BCUT2D eigenvalue weighted by Crippen LogP contribution is -2.19. The van der Waals surface area contributed by atoms with E-state index in [1.807, 2.05) is 4.90 Å². The number of nitro groups is 1. The molecule has 1 amide bonds. The van der Waals surface area contributed by atoms with Crippen molar-refractivity contribution in [1.29, 1.82) is 0 Å². The number of benzene rings is 2. The van der Waals surface area contributed by atoms with Gasteiger partial charge in [-0.25, -0.2) is 9.82 Å². The predicted octanol–water partition coefficient (Wildman–Crippen LogP) is 4.31. The fourth-order valence-corrected chi connectivity index (χ4v) is 4.23. The highest BCUT2D eigenvalue weighted by molar-refractivity contribution is 7.20. The van der Waals surface area contributed by atoms with E-state index in [4.69, 9.17) is 0 Å². The first-order chi connectivity index (χ1) is 14.0. The maximum absolute atomic E-state index is 14.3. The Morgan fingerprint density at radius 3 is 2.72 bits per heavy atom. The molecule has 0 unspecified atom stereocenters. The molecule has 2 heterocycles. The van der Waals surface area contributed by atoms with Gasteiger partial charge in [0, 0.05) is 35.3 Å². The highest BCUT2D eigenvalue weighted by Gasteiger charge is 2.16. The maximum Gasteiger partial charge on any atom is 0.281 e. The Morgan fingerprint density at radius 2 is 2.00 bits per heavy atom. The SMILES string of the molecule is O=C(NN=Cc1ccc(N2CCCC2)c(F)c1)c1cc2cc([N+](=O)[O-])ccc2s1. The Bertz CT molecular complexity index is 1120. The molecule has 0 radical (unpaired) electrons. The molecule has 4 rings (SSSR count). The minimum atomic E-state index is -0.477. The topological polar surface area (TPSA) is 87.8 Å². The van der Waals surface area contributed by atoms with Crippen molar-refractivity contribution >= 4 is 44.9 Å². The molecular formula is C20H17FN4O3S. The van der Waals surface area contributed by atoms with E-state index in [-0.39, 0.29) is 11.5 Å². The first-order valence-electron chi connectivity index (χ1n) is 9.07. The quantitative estimate of drug-likeness (QED) is 0.384. The molecule has 2 aromatic carbocycles. The Morgan fingerprint density at radius 1 is 1.21 bits per heavy atom. The van der Waals surface area contributed by atoms with E-state index in [2.05, 4.69) is 10.5 Å². The summed E-state index contributed by atoms with van der Waals surface area (Å²) in [6.45, 7) is 1.72. The van der Waals surface area contributed by atoms with Crippen LogP contribution in [0.25, 0.3) is 10.1 Å². The Labute approximate surface area is 169 Å². The van der Waals surface area contributed by atoms with E-state index in [1.165, 1.54) is 35.8 Å². The van der Waals surface area contributed by atoms with Crippen molar-refractivity contribution in [2.24, 2.45) is 5.10 Å². The van der Waals surface area contributed by atoms with Gasteiger partial charge in [0.2, 0.25) is 0 Å². The lowest BCUT2D eigenvalue weighted by Gasteiger charge is -2.18. The summed E-state index contributed by atoms with van der Waals surface area (Å²) in [7, 11) is 0. The fraction of sp³-hybridized carbons (Fsp3) is 0.200. The van der Waals surface area contributed by atoms with Gasteiger partial charge in [0.15, 0.2) is 0 Å². The number of non-ortho nitro benzene ring substituents is 1. The third-order valence-corrected chi connectivity index (χ3v) is 5.85. The molecule has 0 spiro atoms. The zero-order chi connectivity index (χ0) is 20.4. The van der Waals surface area contributed by atoms with Gasteiger partial charge in [-0.05, 0) is 42.7 Å². The monoisotopic (exact) mass is 412 g/mol. The van der Waals surface area contributed by atoms with Crippen molar-refractivity contribution < 1.29 is 14.1 Å². The molecule has 7 nitrogen and oxygen atoms in total. The van der Waals surface area contributed by atoms with E-state index >= 15 is 0 Å². The predicted molar refractivity (Wildman–Crippen MR) is 111 cm³/mol. The number of rotatable bonds is 5. The number of carbonyl (C=O) groups is 1. The van der Waals surface area contributed by atoms with Crippen LogP contribution in [0.5, 0.6) is 0 Å². The third-order valence-electron chi connectivity index (χ3n) is 4.73. The van der Waals surface area contributed by atoms with Gasteiger partial charge in [-0.15, -0.1) is 11.3 Å². The minimum absolute atomic E-state index is 0.0281. The summed E-state index contributed by atoms with van der Waals surface area (Å²) >= 11 is 1.22. The molecule has 148 valence electrons. The van der Waals surface area contributed by atoms with Crippen LogP contribution in [0.15, 0.2) is 47.6 Å². The van der Waals surface area contributed by atoms with Crippen LogP contribution in [0, 0.1) is 15.9 Å². The maximum atomic E-state index is 14.3. The van der Waals surface area contributed by atoms with Crippen LogP contribution >= 0.6 is 11.3 Å². The van der Waals surface area contributed by atoms with Crippen molar-refractivity contribution in [3.63, 3.8) is 0 Å². The average Bonchev–Trinajstić information content (AvgIpc) is 3.37. The Hall–Kier alpha value is -3.33. The van der Waals surface area contributed by atoms with Gasteiger partial charge >= 0.3 is 0 Å². The number of carbonyl (C=O) groups excluding carboxylic acids is 1. The number of nitro benzene ring substituents is 1. The van der Waals surface area contributed by atoms with Crippen LogP contribution in [-0.2, 0) is 0 Å². The minimum Gasteiger partial charge on any atom is -0.369 e. The van der Waals surface area contributed by atoms with E-state index in [1.54, 1.807) is 24.3 Å². The zero-order valence-electron chi connectivity index (χ0n) is 15.3. The number of nitrogens with one attached hydrogen (secondary N) is 1. The zero-order valence-corrected chi connectivity index (χ0v) is 16.1. The van der Waals surface area contributed by atoms with Crippen LogP contribution in [0.4, 0.5) is 15.8 Å². The van der Waals surface area contributed by atoms with Gasteiger partial charge < -0.3 is 4.90 Å². The summed E-state index contributed by atoms with van der Waals surface area (Å²) < 4.78 is 15.1. The molecule has 1 saturated heterocycles. The van der Waals surface area contributed by atoms with E-state index in [9.17, 15) is 19.3 Å². The van der Waals surface area contributed by atoms with Crippen LogP contribution in [0.2, 0.25) is 0 Å². The third kappa shape index (κ3) is 4.09. The molecule has 0 atom stereocenters. The van der Waals surface area contributed by atoms with E-state index in [0.717, 1.165) is 30.6 Å². The molecule has 0 bridgehead atoms. The van der Waals surface area contributed by atoms with Crippen LogP contribution in [-0.4, -0.2) is 30.1 Å². The molecule has 3 aromatic rings. The number of amides is 1. The number of hydrazone groups is 1.